The molecular formula is C10H16O6. The van der Waals surface area contributed by atoms with E-state index in [0.717, 1.165) is 0 Å². The van der Waals surface area contributed by atoms with Crippen molar-refractivity contribution in [2.45, 2.75) is 19.8 Å². The highest BCUT2D eigenvalue weighted by molar-refractivity contribution is 6.02. The Morgan fingerprint density at radius 3 is 1.81 bits per heavy atom. The van der Waals surface area contributed by atoms with Crippen LogP contribution in [-0.4, -0.2) is 47.1 Å². The molecule has 0 saturated carbocycles. The van der Waals surface area contributed by atoms with Crippen molar-refractivity contribution in [1.29, 1.82) is 0 Å². The van der Waals surface area contributed by atoms with Gasteiger partial charge in [0.15, 0.2) is 0 Å². The minimum absolute atomic E-state index is 0.176. The molecule has 6 heteroatoms. The molecule has 0 aromatic heterocycles. The number of esters is 2. The Bertz CT molecular complexity index is 296. The molecule has 0 aliphatic carbocycles. The molecule has 1 atom stereocenters. The quantitative estimate of drug-likeness (QED) is 0.407. The summed E-state index contributed by atoms with van der Waals surface area (Å²) in [7, 11) is 0. The Kier molecular flexibility index (Phi) is 3.67. The number of carbonyl (C=O) groups is 2. The fourth-order valence-electron chi connectivity index (χ4n) is 2.22. The van der Waals surface area contributed by atoms with Crippen LogP contribution >= 0.6 is 0 Å². The van der Waals surface area contributed by atoms with Crippen LogP contribution in [0.2, 0.25) is 0 Å². The molecule has 0 radical (unpaired) electrons. The van der Waals surface area contributed by atoms with Gasteiger partial charge < -0.3 is 20.1 Å². The first kappa shape index (κ1) is 13.1. The van der Waals surface area contributed by atoms with E-state index in [2.05, 4.69) is 4.74 Å². The Morgan fingerprint density at radius 2 is 1.44 bits per heavy atom. The Hall–Kier alpha value is -0.980. The zero-order valence-electron chi connectivity index (χ0n) is 9.10. The van der Waals surface area contributed by atoms with E-state index in [1.807, 2.05) is 0 Å². The molecule has 1 unspecified atom stereocenters. The van der Waals surface area contributed by atoms with Crippen molar-refractivity contribution in [2.24, 2.45) is 10.8 Å². The molecule has 1 heterocycles. The van der Waals surface area contributed by atoms with Gasteiger partial charge in [0.25, 0.3) is 0 Å². The summed E-state index contributed by atoms with van der Waals surface area (Å²) in [5, 5.41) is 27.9. The van der Waals surface area contributed by atoms with E-state index in [0.29, 0.717) is 6.42 Å². The van der Waals surface area contributed by atoms with Gasteiger partial charge in [-0.15, -0.1) is 0 Å². The average Bonchev–Trinajstić information content (AvgIpc) is 2.49. The second kappa shape index (κ2) is 4.48. The molecule has 1 aliphatic rings. The maximum Gasteiger partial charge on any atom is 0.325 e. The van der Waals surface area contributed by atoms with Crippen LogP contribution in [0.3, 0.4) is 0 Å². The summed E-state index contributed by atoms with van der Waals surface area (Å²) < 4.78 is 4.46. The molecule has 0 amide bonds. The normalized spacial score (nSPS) is 28.2. The van der Waals surface area contributed by atoms with Crippen LogP contribution in [0.5, 0.6) is 0 Å². The van der Waals surface area contributed by atoms with Gasteiger partial charge >= 0.3 is 11.9 Å². The minimum Gasteiger partial charge on any atom is -0.395 e. The summed E-state index contributed by atoms with van der Waals surface area (Å²) in [4.78, 5) is 23.2. The van der Waals surface area contributed by atoms with E-state index < -0.39 is 42.6 Å². The molecule has 1 fully saturated rings. The van der Waals surface area contributed by atoms with Crippen LogP contribution in [-0.2, 0) is 14.3 Å². The van der Waals surface area contributed by atoms with Crippen molar-refractivity contribution in [2.75, 3.05) is 19.8 Å². The number of hydrogen-bond acceptors (Lipinski definition) is 6. The van der Waals surface area contributed by atoms with Crippen LogP contribution in [0.1, 0.15) is 19.8 Å². The topological polar surface area (TPSA) is 104 Å². The maximum atomic E-state index is 11.6. The van der Waals surface area contributed by atoms with Crippen molar-refractivity contribution in [1.82, 2.24) is 0 Å². The highest BCUT2D eigenvalue weighted by atomic mass is 16.6. The van der Waals surface area contributed by atoms with Crippen LogP contribution in [0, 0.1) is 10.8 Å². The lowest BCUT2D eigenvalue weighted by atomic mass is 9.63. The lowest BCUT2D eigenvalue weighted by Gasteiger charge is -2.35. The number of carbonyl (C=O) groups excluding carboxylic acids is 2. The predicted molar refractivity (Wildman–Crippen MR) is 52.1 cm³/mol. The Labute approximate surface area is 92.8 Å². The SMILES string of the molecule is CCCC1(CO)C(=O)OC(=O)C1(CO)CO. The van der Waals surface area contributed by atoms with E-state index in [-0.39, 0.29) is 6.42 Å². The van der Waals surface area contributed by atoms with Gasteiger partial charge in [0.1, 0.15) is 10.8 Å². The van der Waals surface area contributed by atoms with Gasteiger partial charge in [-0.25, -0.2) is 0 Å². The molecule has 92 valence electrons. The van der Waals surface area contributed by atoms with Gasteiger partial charge in [-0.2, -0.15) is 0 Å². The van der Waals surface area contributed by atoms with Crippen molar-refractivity contribution >= 4 is 11.9 Å². The number of ether oxygens (including phenoxy) is 1. The number of aliphatic hydroxyl groups excluding tert-OH is 3. The summed E-state index contributed by atoms with van der Waals surface area (Å²) in [5.41, 5.74) is -3.25. The van der Waals surface area contributed by atoms with Gasteiger partial charge in [-0.3, -0.25) is 9.59 Å². The fourth-order valence-corrected chi connectivity index (χ4v) is 2.22. The summed E-state index contributed by atoms with van der Waals surface area (Å²) in [5.74, 6) is -1.84. The second-order valence-corrected chi connectivity index (χ2v) is 4.07. The zero-order chi connectivity index (χ0) is 12.4. The number of cyclic esters (lactones) is 2. The number of rotatable bonds is 5. The smallest absolute Gasteiger partial charge is 0.325 e. The highest BCUT2D eigenvalue weighted by Crippen LogP contribution is 2.49. The molecule has 0 bridgehead atoms. The van der Waals surface area contributed by atoms with Crippen LogP contribution in [0.4, 0.5) is 0 Å². The monoisotopic (exact) mass is 232 g/mol. The van der Waals surface area contributed by atoms with Crippen molar-refractivity contribution in [3.63, 3.8) is 0 Å². The summed E-state index contributed by atoms with van der Waals surface area (Å²) in [6.45, 7) is -0.317. The molecule has 0 spiro atoms. The second-order valence-electron chi connectivity index (χ2n) is 4.07. The van der Waals surface area contributed by atoms with Crippen molar-refractivity contribution in [3.05, 3.63) is 0 Å². The minimum atomic E-state index is -1.73. The summed E-state index contributed by atoms with van der Waals surface area (Å²) >= 11 is 0. The Morgan fingerprint density at radius 1 is 1.00 bits per heavy atom. The number of hydrogen-bond donors (Lipinski definition) is 3. The third kappa shape index (κ3) is 1.37. The van der Waals surface area contributed by atoms with Crippen LogP contribution < -0.4 is 0 Å². The van der Waals surface area contributed by atoms with E-state index in [4.69, 9.17) is 0 Å². The van der Waals surface area contributed by atoms with Crippen molar-refractivity contribution < 1.29 is 29.6 Å². The van der Waals surface area contributed by atoms with E-state index in [1.54, 1.807) is 6.92 Å². The third-order valence-corrected chi connectivity index (χ3v) is 3.37. The summed E-state index contributed by atoms with van der Waals surface area (Å²) in [6.07, 6.45) is 0.694. The molecule has 16 heavy (non-hydrogen) atoms. The number of aliphatic hydroxyl groups is 3. The average molecular weight is 232 g/mol. The molecule has 6 nitrogen and oxygen atoms in total. The fraction of sp³-hybridized carbons (Fsp3) is 0.800. The van der Waals surface area contributed by atoms with Gasteiger partial charge in [-0.1, -0.05) is 13.3 Å². The standard InChI is InChI=1S/C10H16O6/c1-2-3-9(4-11)7(14)16-8(15)10(9,5-12)6-13/h11-13H,2-6H2,1H3. The lowest BCUT2D eigenvalue weighted by Crippen LogP contribution is -2.52. The molecule has 0 aromatic carbocycles. The third-order valence-electron chi connectivity index (χ3n) is 3.37. The van der Waals surface area contributed by atoms with Gasteiger partial charge in [0, 0.05) is 0 Å². The van der Waals surface area contributed by atoms with Crippen LogP contribution in [0.25, 0.3) is 0 Å². The molecule has 1 rings (SSSR count). The molecular weight excluding hydrogens is 216 g/mol. The first-order valence-electron chi connectivity index (χ1n) is 5.14. The molecule has 1 aliphatic heterocycles. The largest absolute Gasteiger partial charge is 0.395 e. The summed E-state index contributed by atoms with van der Waals surface area (Å²) in [6, 6.07) is 0. The first-order chi connectivity index (χ1) is 7.54. The van der Waals surface area contributed by atoms with Gasteiger partial charge in [0.05, 0.1) is 19.8 Å². The van der Waals surface area contributed by atoms with E-state index in [1.165, 1.54) is 0 Å². The van der Waals surface area contributed by atoms with Crippen LogP contribution in [0.15, 0.2) is 0 Å². The van der Waals surface area contributed by atoms with E-state index in [9.17, 15) is 24.9 Å². The molecule has 1 saturated heterocycles. The molecule has 3 N–H and O–H groups in total. The first-order valence-corrected chi connectivity index (χ1v) is 5.14. The van der Waals surface area contributed by atoms with Gasteiger partial charge in [0.2, 0.25) is 0 Å². The predicted octanol–water partition coefficient (Wildman–Crippen LogP) is -1.18. The maximum absolute atomic E-state index is 11.6. The van der Waals surface area contributed by atoms with Gasteiger partial charge in [-0.05, 0) is 6.42 Å². The highest BCUT2D eigenvalue weighted by Gasteiger charge is 2.67. The zero-order valence-corrected chi connectivity index (χ0v) is 9.10. The van der Waals surface area contributed by atoms with Crippen molar-refractivity contribution in [3.8, 4) is 0 Å². The lowest BCUT2D eigenvalue weighted by molar-refractivity contribution is -0.157. The Balaban J connectivity index is 3.28. The molecule has 0 aromatic rings. The van der Waals surface area contributed by atoms with E-state index >= 15 is 0 Å².